The third-order valence-electron chi connectivity index (χ3n) is 4.00. The molecule has 1 fully saturated rings. The van der Waals surface area contributed by atoms with Gasteiger partial charge in [0, 0.05) is 25.2 Å². The molecule has 1 atom stereocenters. The average molecular weight is 339 g/mol. The molecule has 0 saturated carbocycles. The zero-order valence-corrected chi connectivity index (χ0v) is 14.3. The highest BCUT2D eigenvalue weighted by Crippen LogP contribution is 2.21. The number of carbonyl (C=O) groups excluding carboxylic acids is 1. The van der Waals surface area contributed by atoms with Gasteiger partial charge in [-0.05, 0) is 38.4 Å². The lowest BCUT2D eigenvalue weighted by Crippen LogP contribution is -2.42. The maximum Gasteiger partial charge on any atom is 0.274 e. The number of carbonyl (C=O) groups is 1. The number of amides is 1. The van der Waals surface area contributed by atoms with Crippen molar-refractivity contribution in [3.63, 3.8) is 0 Å². The quantitative estimate of drug-likeness (QED) is 0.878. The summed E-state index contributed by atoms with van der Waals surface area (Å²) in [6.45, 7) is 6.57. The van der Waals surface area contributed by atoms with Gasteiger partial charge in [0.1, 0.15) is 11.5 Å². The molecule has 2 aromatic heterocycles. The summed E-state index contributed by atoms with van der Waals surface area (Å²) >= 11 is 0. The largest absolute Gasteiger partial charge is 0.460 e. The van der Waals surface area contributed by atoms with Crippen molar-refractivity contribution >= 4 is 18.3 Å². The molecule has 1 unspecified atom stereocenters. The van der Waals surface area contributed by atoms with E-state index in [0.29, 0.717) is 11.5 Å². The lowest BCUT2D eigenvalue weighted by Gasteiger charge is -2.27. The molecule has 1 aliphatic heterocycles. The van der Waals surface area contributed by atoms with Crippen LogP contribution in [-0.4, -0.2) is 46.7 Å². The molecule has 0 radical (unpaired) electrons. The van der Waals surface area contributed by atoms with Gasteiger partial charge in [0.25, 0.3) is 5.91 Å². The fourth-order valence-corrected chi connectivity index (χ4v) is 2.88. The van der Waals surface area contributed by atoms with Crippen LogP contribution in [0.1, 0.15) is 36.0 Å². The molecule has 6 nitrogen and oxygen atoms in total. The predicted molar refractivity (Wildman–Crippen MR) is 90.9 cm³/mol. The van der Waals surface area contributed by atoms with Gasteiger partial charge in [0.15, 0.2) is 11.5 Å². The number of nitrogens with zero attached hydrogens (tertiary/aromatic N) is 2. The van der Waals surface area contributed by atoms with Gasteiger partial charge in [-0.1, -0.05) is 6.92 Å². The number of aromatic amines is 1. The van der Waals surface area contributed by atoms with Crippen molar-refractivity contribution in [3.8, 4) is 11.5 Å². The Bertz CT molecular complexity index is 646. The second-order valence-corrected chi connectivity index (χ2v) is 5.72. The molecule has 1 saturated heterocycles. The fraction of sp³-hybridized carbons (Fsp3) is 0.500. The zero-order valence-electron chi connectivity index (χ0n) is 13.5. The van der Waals surface area contributed by atoms with E-state index in [0.717, 1.165) is 43.9 Å². The van der Waals surface area contributed by atoms with Crippen LogP contribution in [0.4, 0.5) is 0 Å². The van der Waals surface area contributed by atoms with E-state index < -0.39 is 0 Å². The second kappa shape index (κ2) is 7.66. The number of H-pyrrole nitrogens is 1. The van der Waals surface area contributed by atoms with Crippen molar-refractivity contribution in [1.82, 2.24) is 20.4 Å². The highest BCUT2D eigenvalue weighted by molar-refractivity contribution is 5.93. The molecule has 1 amide bonds. The fourth-order valence-electron chi connectivity index (χ4n) is 2.88. The molecule has 1 aliphatic rings. The highest BCUT2D eigenvalue weighted by atomic mass is 35.5. The van der Waals surface area contributed by atoms with E-state index in [1.807, 2.05) is 24.0 Å². The molecule has 0 bridgehead atoms. The Labute approximate surface area is 142 Å². The highest BCUT2D eigenvalue weighted by Gasteiger charge is 2.28. The van der Waals surface area contributed by atoms with Crippen LogP contribution in [-0.2, 0) is 0 Å². The van der Waals surface area contributed by atoms with Gasteiger partial charge < -0.3 is 14.6 Å². The van der Waals surface area contributed by atoms with Gasteiger partial charge in [0.05, 0.1) is 0 Å². The first kappa shape index (κ1) is 17.6. The van der Waals surface area contributed by atoms with E-state index in [1.165, 1.54) is 0 Å². The Morgan fingerprint density at radius 3 is 2.91 bits per heavy atom. The molecule has 3 rings (SSSR count). The molecular formula is C16H23ClN4O2. The van der Waals surface area contributed by atoms with E-state index in [9.17, 15) is 4.79 Å². The molecule has 23 heavy (non-hydrogen) atoms. The Morgan fingerprint density at radius 2 is 2.30 bits per heavy atom. The first-order valence-corrected chi connectivity index (χ1v) is 7.83. The number of furan rings is 1. The van der Waals surface area contributed by atoms with Crippen LogP contribution < -0.4 is 5.32 Å². The normalized spacial score (nSPS) is 17.0. The SMILES string of the molecule is CCCN(C(=O)c1cc(-c2ccc(C)o2)[nH]n1)C1CCNC1.Cl. The minimum Gasteiger partial charge on any atom is -0.460 e. The molecule has 126 valence electrons. The second-order valence-electron chi connectivity index (χ2n) is 5.72. The maximum atomic E-state index is 12.8. The van der Waals surface area contributed by atoms with E-state index >= 15 is 0 Å². The number of halogens is 1. The third-order valence-corrected chi connectivity index (χ3v) is 4.00. The molecule has 3 heterocycles. The number of hydrogen-bond acceptors (Lipinski definition) is 4. The Balaban J connectivity index is 0.00000192. The number of hydrogen-bond donors (Lipinski definition) is 2. The summed E-state index contributed by atoms with van der Waals surface area (Å²) in [6.07, 6.45) is 1.94. The molecule has 0 aromatic carbocycles. The minimum absolute atomic E-state index is 0. The number of aromatic nitrogens is 2. The third kappa shape index (κ3) is 3.76. The average Bonchev–Trinajstić information content (AvgIpc) is 3.24. The number of aryl methyl sites for hydroxylation is 1. The maximum absolute atomic E-state index is 12.8. The monoisotopic (exact) mass is 338 g/mol. The minimum atomic E-state index is -0.0127. The van der Waals surface area contributed by atoms with Crippen molar-refractivity contribution in [2.24, 2.45) is 0 Å². The summed E-state index contributed by atoms with van der Waals surface area (Å²) in [5.41, 5.74) is 1.18. The summed E-state index contributed by atoms with van der Waals surface area (Å²) in [7, 11) is 0. The van der Waals surface area contributed by atoms with E-state index in [4.69, 9.17) is 4.42 Å². The van der Waals surface area contributed by atoms with E-state index in [2.05, 4.69) is 22.4 Å². The summed E-state index contributed by atoms with van der Waals surface area (Å²) in [5.74, 6) is 1.53. The molecule has 0 aliphatic carbocycles. The molecule has 2 N–H and O–H groups in total. The zero-order chi connectivity index (χ0) is 15.5. The van der Waals surface area contributed by atoms with Crippen LogP contribution >= 0.6 is 12.4 Å². The summed E-state index contributed by atoms with van der Waals surface area (Å²) < 4.78 is 5.56. The predicted octanol–water partition coefficient (Wildman–Crippen LogP) is 2.61. The number of nitrogens with one attached hydrogen (secondary N) is 2. The smallest absolute Gasteiger partial charge is 0.274 e. The Hall–Kier alpha value is -1.79. The van der Waals surface area contributed by atoms with Crippen LogP contribution in [0.25, 0.3) is 11.5 Å². The van der Waals surface area contributed by atoms with Crippen molar-refractivity contribution in [2.75, 3.05) is 19.6 Å². The topological polar surface area (TPSA) is 74.2 Å². The summed E-state index contributed by atoms with van der Waals surface area (Å²) in [4.78, 5) is 14.7. The molecule has 0 spiro atoms. The summed E-state index contributed by atoms with van der Waals surface area (Å²) in [5, 5.41) is 10.4. The van der Waals surface area contributed by atoms with E-state index in [1.54, 1.807) is 6.07 Å². The molecule has 2 aromatic rings. The van der Waals surface area contributed by atoms with Gasteiger partial charge in [-0.25, -0.2) is 0 Å². The lowest BCUT2D eigenvalue weighted by molar-refractivity contribution is 0.0686. The standard InChI is InChI=1S/C16H22N4O2.ClH/c1-3-8-20(12-6-7-17-10-12)16(21)14-9-13(18-19-14)15-5-4-11(2)22-15;/h4-5,9,12,17H,3,6-8,10H2,1-2H3,(H,18,19);1H. The lowest BCUT2D eigenvalue weighted by atomic mass is 10.2. The van der Waals surface area contributed by atoms with Crippen molar-refractivity contribution in [2.45, 2.75) is 32.7 Å². The van der Waals surface area contributed by atoms with Crippen LogP contribution in [0.2, 0.25) is 0 Å². The first-order valence-electron chi connectivity index (χ1n) is 7.83. The molecule has 7 heteroatoms. The van der Waals surface area contributed by atoms with Crippen LogP contribution in [0.15, 0.2) is 22.6 Å². The Morgan fingerprint density at radius 1 is 1.48 bits per heavy atom. The molecular weight excluding hydrogens is 316 g/mol. The van der Waals surface area contributed by atoms with Crippen molar-refractivity contribution in [1.29, 1.82) is 0 Å². The van der Waals surface area contributed by atoms with Gasteiger partial charge >= 0.3 is 0 Å². The van der Waals surface area contributed by atoms with E-state index in [-0.39, 0.29) is 24.4 Å². The van der Waals surface area contributed by atoms with Gasteiger partial charge in [-0.3, -0.25) is 9.89 Å². The first-order chi connectivity index (χ1) is 10.7. The summed E-state index contributed by atoms with van der Waals surface area (Å²) in [6, 6.07) is 5.80. The van der Waals surface area contributed by atoms with Crippen LogP contribution in [0.3, 0.4) is 0 Å². The number of rotatable bonds is 5. The Kier molecular flexibility index (Phi) is 5.85. The van der Waals surface area contributed by atoms with Gasteiger partial charge in [-0.2, -0.15) is 5.10 Å². The van der Waals surface area contributed by atoms with Crippen molar-refractivity contribution in [3.05, 3.63) is 29.7 Å². The van der Waals surface area contributed by atoms with Crippen LogP contribution in [0.5, 0.6) is 0 Å². The van der Waals surface area contributed by atoms with Crippen molar-refractivity contribution < 1.29 is 9.21 Å². The van der Waals surface area contributed by atoms with Gasteiger partial charge in [0.2, 0.25) is 0 Å². The van der Waals surface area contributed by atoms with Gasteiger partial charge in [-0.15, -0.1) is 12.4 Å². The van der Waals surface area contributed by atoms with Crippen LogP contribution in [0, 0.1) is 6.92 Å².